The lowest BCUT2D eigenvalue weighted by Gasteiger charge is -2.37. The number of nitrogens with zero attached hydrogens (tertiary/aromatic N) is 2. The molecule has 2 amide bonds. The highest BCUT2D eigenvalue weighted by Gasteiger charge is 2.36. The third-order valence-corrected chi connectivity index (χ3v) is 4.41. The van der Waals surface area contributed by atoms with Crippen LogP contribution in [0.1, 0.15) is 15.2 Å². The maximum Gasteiger partial charge on any atom is 0.263 e. The number of carbonyl (C=O) groups is 2. The first-order valence-corrected chi connectivity index (χ1v) is 7.69. The Morgan fingerprint density at radius 1 is 1.23 bits per heavy atom. The highest BCUT2D eigenvalue weighted by Crippen LogP contribution is 2.22. The van der Waals surface area contributed by atoms with Gasteiger partial charge in [-0.1, -0.05) is 6.07 Å². The van der Waals surface area contributed by atoms with Crippen LogP contribution in [0.3, 0.4) is 0 Å². The Morgan fingerprint density at radius 3 is 2.55 bits per heavy atom. The largest absolute Gasteiger partial charge is 0.336 e. The fourth-order valence-electron chi connectivity index (χ4n) is 2.24. The van der Waals surface area contributed by atoms with Crippen LogP contribution in [0.15, 0.2) is 41.8 Å². The summed E-state index contributed by atoms with van der Waals surface area (Å²) in [6.07, 6.45) is 0. The quantitative estimate of drug-likeness (QED) is 0.945. The van der Waals surface area contributed by atoms with Crippen molar-refractivity contribution >= 4 is 28.8 Å². The number of hydrogen-bond acceptors (Lipinski definition) is 4. The first kappa shape index (κ1) is 14.3. The minimum absolute atomic E-state index is 0.0163. The SMILES string of the molecule is N#Cc1ccc(NC(=O)C2CN(C(=O)c3cccs3)C2)cc1. The van der Waals surface area contributed by atoms with Gasteiger partial charge < -0.3 is 10.2 Å². The zero-order chi connectivity index (χ0) is 15.5. The Labute approximate surface area is 131 Å². The fraction of sp³-hybridized carbons (Fsp3) is 0.188. The molecule has 1 fully saturated rings. The molecule has 1 aromatic carbocycles. The fourth-order valence-corrected chi connectivity index (χ4v) is 2.93. The van der Waals surface area contributed by atoms with Crippen LogP contribution in [-0.2, 0) is 4.79 Å². The monoisotopic (exact) mass is 311 g/mol. The lowest BCUT2D eigenvalue weighted by Crippen LogP contribution is -2.54. The van der Waals surface area contributed by atoms with Gasteiger partial charge in [0.15, 0.2) is 0 Å². The average Bonchev–Trinajstić information content (AvgIpc) is 3.00. The first-order valence-electron chi connectivity index (χ1n) is 6.81. The number of nitrogens with one attached hydrogen (secondary N) is 1. The van der Waals surface area contributed by atoms with Crippen molar-refractivity contribution in [3.05, 3.63) is 52.2 Å². The van der Waals surface area contributed by atoms with E-state index in [-0.39, 0.29) is 17.7 Å². The molecule has 0 saturated carbocycles. The number of rotatable bonds is 3. The van der Waals surface area contributed by atoms with E-state index in [2.05, 4.69) is 5.32 Å². The Bertz CT molecular complexity index is 726. The highest BCUT2D eigenvalue weighted by molar-refractivity contribution is 7.12. The smallest absolute Gasteiger partial charge is 0.263 e. The van der Waals surface area contributed by atoms with Crippen molar-refractivity contribution < 1.29 is 9.59 Å². The van der Waals surface area contributed by atoms with E-state index in [1.54, 1.807) is 35.2 Å². The van der Waals surface area contributed by atoms with E-state index >= 15 is 0 Å². The topological polar surface area (TPSA) is 73.2 Å². The normalized spacial score (nSPS) is 14.0. The second-order valence-electron chi connectivity index (χ2n) is 5.06. The van der Waals surface area contributed by atoms with Crippen molar-refractivity contribution in [3.63, 3.8) is 0 Å². The Balaban J connectivity index is 1.53. The molecule has 22 heavy (non-hydrogen) atoms. The lowest BCUT2D eigenvalue weighted by atomic mass is 9.98. The highest BCUT2D eigenvalue weighted by atomic mass is 32.1. The molecule has 110 valence electrons. The minimum Gasteiger partial charge on any atom is -0.336 e. The van der Waals surface area contributed by atoms with Gasteiger partial charge in [0.05, 0.1) is 22.4 Å². The van der Waals surface area contributed by atoms with Gasteiger partial charge in [0.2, 0.25) is 5.91 Å². The van der Waals surface area contributed by atoms with Crippen LogP contribution in [0.2, 0.25) is 0 Å². The number of benzene rings is 1. The van der Waals surface area contributed by atoms with E-state index in [4.69, 9.17) is 5.26 Å². The molecule has 1 aromatic heterocycles. The van der Waals surface area contributed by atoms with Crippen molar-refractivity contribution in [2.24, 2.45) is 5.92 Å². The van der Waals surface area contributed by atoms with Gasteiger partial charge in [-0.05, 0) is 35.7 Å². The molecule has 3 rings (SSSR count). The van der Waals surface area contributed by atoms with Gasteiger partial charge in [-0.15, -0.1) is 11.3 Å². The molecule has 1 aliphatic heterocycles. The molecule has 0 aliphatic carbocycles. The zero-order valence-corrected chi connectivity index (χ0v) is 12.5. The summed E-state index contributed by atoms with van der Waals surface area (Å²) in [4.78, 5) is 26.5. The molecular weight excluding hydrogens is 298 g/mol. The Kier molecular flexibility index (Phi) is 3.90. The Hall–Kier alpha value is -2.65. The van der Waals surface area contributed by atoms with Crippen molar-refractivity contribution in [2.45, 2.75) is 0 Å². The number of likely N-dealkylation sites (tertiary alicyclic amines) is 1. The summed E-state index contributed by atoms with van der Waals surface area (Å²) in [6, 6.07) is 12.4. The molecule has 0 bridgehead atoms. The average molecular weight is 311 g/mol. The maximum absolute atomic E-state index is 12.1. The van der Waals surface area contributed by atoms with Crippen LogP contribution in [0.4, 0.5) is 5.69 Å². The Morgan fingerprint density at radius 2 is 1.95 bits per heavy atom. The predicted molar refractivity (Wildman–Crippen MR) is 83.5 cm³/mol. The van der Waals surface area contributed by atoms with E-state index in [9.17, 15) is 9.59 Å². The van der Waals surface area contributed by atoms with E-state index < -0.39 is 0 Å². The molecule has 1 N–H and O–H groups in total. The summed E-state index contributed by atoms with van der Waals surface area (Å²) in [5.74, 6) is -0.295. The molecule has 2 heterocycles. The van der Waals surface area contributed by atoms with Crippen molar-refractivity contribution in [3.8, 4) is 6.07 Å². The summed E-state index contributed by atoms with van der Waals surface area (Å²) in [5.41, 5.74) is 1.21. The molecule has 2 aromatic rings. The standard InChI is InChI=1S/C16H13N3O2S/c17-8-11-3-5-13(6-4-11)18-15(20)12-9-19(10-12)16(21)14-2-1-7-22-14/h1-7,12H,9-10H2,(H,18,20). The molecule has 5 nitrogen and oxygen atoms in total. The number of hydrogen-bond donors (Lipinski definition) is 1. The van der Waals surface area contributed by atoms with Crippen molar-refractivity contribution in [2.75, 3.05) is 18.4 Å². The van der Waals surface area contributed by atoms with Gasteiger partial charge in [-0.25, -0.2) is 0 Å². The summed E-state index contributed by atoms with van der Waals surface area (Å²) in [7, 11) is 0. The summed E-state index contributed by atoms with van der Waals surface area (Å²) in [5, 5.41) is 13.4. The van der Waals surface area contributed by atoms with Gasteiger partial charge in [0, 0.05) is 18.8 Å². The summed E-state index contributed by atoms with van der Waals surface area (Å²) in [6.45, 7) is 0.887. The number of anilines is 1. The van der Waals surface area contributed by atoms with Crippen molar-refractivity contribution in [1.29, 1.82) is 5.26 Å². The van der Waals surface area contributed by atoms with Crippen LogP contribution in [0.5, 0.6) is 0 Å². The van der Waals surface area contributed by atoms with Crippen LogP contribution in [0.25, 0.3) is 0 Å². The van der Waals surface area contributed by atoms with Crippen LogP contribution < -0.4 is 5.32 Å². The van der Waals surface area contributed by atoms with Crippen molar-refractivity contribution in [1.82, 2.24) is 4.90 Å². The molecule has 0 radical (unpaired) electrons. The molecule has 0 unspecified atom stereocenters. The number of amides is 2. The summed E-state index contributed by atoms with van der Waals surface area (Å²) >= 11 is 1.41. The summed E-state index contributed by atoms with van der Waals surface area (Å²) < 4.78 is 0. The predicted octanol–water partition coefficient (Wildman–Crippen LogP) is 2.33. The van der Waals surface area contributed by atoms with Crippen LogP contribution in [-0.4, -0.2) is 29.8 Å². The number of nitriles is 1. The first-order chi connectivity index (χ1) is 10.7. The van der Waals surface area contributed by atoms with Crippen LogP contribution >= 0.6 is 11.3 Å². The van der Waals surface area contributed by atoms with Gasteiger partial charge in [-0.2, -0.15) is 5.26 Å². The lowest BCUT2D eigenvalue weighted by molar-refractivity contribution is -0.123. The number of carbonyl (C=O) groups excluding carboxylic acids is 2. The van der Waals surface area contributed by atoms with E-state index in [1.165, 1.54) is 11.3 Å². The van der Waals surface area contributed by atoms with Gasteiger partial charge >= 0.3 is 0 Å². The second kappa shape index (κ2) is 6.00. The van der Waals surface area contributed by atoms with E-state index in [0.717, 1.165) is 0 Å². The minimum atomic E-state index is -0.181. The molecular formula is C16H13N3O2S. The van der Waals surface area contributed by atoms with Gasteiger partial charge in [0.1, 0.15) is 0 Å². The third-order valence-electron chi connectivity index (χ3n) is 3.55. The second-order valence-corrected chi connectivity index (χ2v) is 6.01. The molecule has 0 spiro atoms. The molecule has 1 aliphatic rings. The maximum atomic E-state index is 12.1. The van der Waals surface area contributed by atoms with E-state index in [1.807, 2.05) is 17.5 Å². The van der Waals surface area contributed by atoms with Crippen LogP contribution in [0, 0.1) is 17.2 Å². The third kappa shape index (κ3) is 2.85. The molecule has 6 heteroatoms. The molecule has 1 saturated heterocycles. The zero-order valence-electron chi connectivity index (χ0n) is 11.7. The van der Waals surface area contributed by atoms with Gasteiger partial charge in [-0.3, -0.25) is 9.59 Å². The van der Waals surface area contributed by atoms with E-state index in [0.29, 0.717) is 29.2 Å². The van der Waals surface area contributed by atoms with Gasteiger partial charge in [0.25, 0.3) is 5.91 Å². The number of thiophene rings is 1. The molecule has 0 atom stereocenters.